The Balaban J connectivity index is 3.01. The average Bonchev–Trinajstić information content (AvgIpc) is 2.03. The van der Waals surface area contributed by atoms with Gasteiger partial charge >= 0.3 is 0 Å². The Morgan fingerprint density at radius 1 is 1.31 bits per heavy atom. The van der Waals surface area contributed by atoms with Crippen LogP contribution in [0.2, 0.25) is 0 Å². The number of nitrogens with two attached hydrogens (primary N) is 1. The van der Waals surface area contributed by atoms with Crippen LogP contribution < -0.4 is 5.73 Å². The van der Waals surface area contributed by atoms with Crippen LogP contribution in [0.5, 0.6) is 0 Å². The van der Waals surface area contributed by atoms with Crippen LogP contribution in [0.25, 0.3) is 0 Å². The lowest BCUT2D eigenvalue weighted by molar-refractivity contribution is 0.684. The van der Waals surface area contributed by atoms with Gasteiger partial charge in [0.25, 0.3) is 0 Å². The predicted molar refractivity (Wildman–Crippen MR) is 56.4 cm³/mol. The zero-order chi connectivity index (χ0) is 9.90. The van der Waals surface area contributed by atoms with Gasteiger partial charge in [0.15, 0.2) is 0 Å². The Morgan fingerprint density at radius 3 is 2.23 bits per heavy atom. The molecule has 0 saturated heterocycles. The first kappa shape index (κ1) is 10.2. The van der Waals surface area contributed by atoms with E-state index in [0.717, 1.165) is 11.3 Å². The van der Waals surface area contributed by atoms with Crippen molar-refractivity contribution in [2.24, 2.45) is 10.1 Å². The van der Waals surface area contributed by atoms with Crippen LogP contribution in [0.1, 0.15) is 5.56 Å². The minimum Gasteiger partial charge on any atom is -0.326 e. The van der Waals surface area contributed by atoms with E-state index in [2.05, 4.69) is 4.36 Å². The van der Waals surface area contributed by atoms with E-state index in [0.29, 0.717) is 6.54 Å². The van der Waals surface area contributed by atoms with Crippen molar-refractivity contribution in [1.82, 2.24) is 0 Å². The molecule has 0 amide bonds. The molecule has 0 aliphatic rings. The normalized spacial score (nSPS) is 11.3. The Morgan fingerprint density at radius 2 is 1.85 bits per heavy atom. The number of hydrogen-bond donors (Lipinski definition) is 1. The Hall–Kier alpha value is -0.870. The van der Waals surface area contributed by atoms with Crippen molar-refractivity contribution in [3.63, 3.8) is 0 Å². The second-order valence-electron chi connectivity index (χ2n) is 3.14. The number of nitrogens with zero attached hydrogens (tertiary/aromatic N) is 1. The van der Waals surface area contributed by atoms with Crippen LogP contribution in [0.3, 0.4) is 0 Å². The molecule has 0 aliphatic carbocycles. The number of rotatable bonds is 2. The monoisotopic (exact) mass is 198 g/mol. The highest BCUT2D eigenvalue weighted by Crippen LogP contribution is 2.14. The molecule has 1 aromatic carbocycles. The second kappa shape index (κ2) is 3.89. The second-order valence-corrected chi connectivity index (χ2v) is 5.69. The standard InChI is InChI=1S/C9H14N2OS/c1-13(2,12)11-9-5-3-8(7-10)4-6-9/h3-6H,7,10H2,1-2H3. The van der Waals surface area contributed by atoms with E-state index in [-0.39, 0.29) is 0 Å². The van der Waals surface area contributed by atoms with Crippen molar-refractivity contribution < 1.29 is 4.21 Å². The zero-order valence-electron chi connectivity index (χ0n) is 7.86. The molecule has 2 N–H and O–H groups in total. The summed E-state index contributed by atoms with van der Waals surface area (Å²) in [6, 6.07) is 7.44. The maximum atomic E-state index is 11.3. The maximum Gasteiger partial charge on any atom is 0.0730 e. The summed E-state index contributed by atoms with van der Waals surface area (Å²) in [6.45, 7) is 0.522. The largest absolute Gasteiger partial charge is 0.326 e. The van der Waals surface area contributed by atoms with E-state index >= 15 is 0 Å². The molecule has 1 rings (SSSR count). The number of hydrogen-bond acceptors (Lipinski definition) is 3. The van der Waals surface area contributed by atoms with Gasteiger partial charge in [0.2, 0.25) is 0 Å². The summed E-state index contributed by atoms with van der Waals surface area (Å²) < 4.78 is 15.4. The van der Waals surface area contributed by atoms with Crippen molar-refractivity contribution >= 4 is 15.4 Å². The van der Waals surface area contributed by atoms with E-state index in [9.17, 15) is 4.21 Å². The summed E-state index contributed by atoms with van der Waals surface area (Å²) in [7, 11) is -2.05. The van der Waals surface area contributed by atoms with Gasteiger partial charge in [-0.25, -0.2) is 4.21 Å². The van der Waals surface area contributed by atoms with Crippen LogP contribution in [-0.4, -0.2) is 16.7 Å². The van der Waals surface area contributed by atoms with Gasteiger partial charge in [-0.1, -0.05) is 12.1 Å². The van der Waals surface area contributed by atoms with E-state index in [1.54, 1.807) is 12.5 Å². The van der Waals surface area contributed by atoms with Crippen molar-refractivity contribution in [2.45, 2.75) is 6.54 Å². The lowest BCUT2D eigenvalue weighted by atomic mass is 10.2. The molecule has 0 heterocycles. The summed E-state index contributed by atoms with van der Waals surface area (Å²) in [5.74, 6) is 0. The molecular weight excluding hydrogens is 184 g/mol. The minimum absolute atomic E-state index is 0.522. The third kappa shape index (κ3) is 3.57. The first-order chi connectivity index (χ1) is 6.01. The molecule has 4 heteroatoms. The van der Waals surface area contributed by atoms with Crippen molar-refractivity contribution in [2.75, 3.05) is 12.5 Å². The van der Waals surface area contributed by atoms with Gasteiger partial charge in [-0.05, 0) is 17.7 Å². The van der Waals surface area contributed by atoms with Gasteiger partial charge in [-0.3, -0.25) is 0 Å². The fourth-order valence-electron chi connectivity index (χ4n) is 0.947. The molecule has 1 aromatic rings. The Labute approximate surface area is 79.1 Å². The topological polar surface area (TPSA) is 55.5 Å². The molecule has 0 unspecified atom stereocenters. The van der Waals surface area contributed by atoms with Gasteiger partial charge in [0.1, 0.15) is 0 Å². The molecule has 0 bridgehead atoms. The van der Waals surface area contributed by atoms with Crippen molar-refractivity contribution in [3.05, 3.63) is 29.8 Å². The van der Waals surface area contributed by atoms with Crippen molar-refractivity contribution in [1.29, 1.82) is 0 Å². The molecule has 0 aliphatic heterocycles. The van der Waals surface area contributed by atoms with Crippen LogP contribution in [-0.2, 0) is 16.3 Å². The van der Waals surface area contributed by atoms with Crippen LogP contribution in [0.15, 0.2) is 28.6 Å². The molecule has 3 nitrogen and oxygen atoms in total. The van der Waals surface area contributed by atoms with Gasteiger partial charge in [-0.2, -0.15) is 4.36 Å². The first-order valence-corrected chi connectivity index (χ1v) is 6.30. The van der Waals surface area contributed by atoms with E-state index in [1.165, 1.54) is 0 Å². The summed E-state index contributed by atoms with van der Waals surface area (Å²) >= 11 is 0. The number of benzene rings is 1. The SMILES string of the molecule is CS(C)(=O)=Nc1ccc(CN)cc1. The molecule has 0 radical (unpaired) electrons. The average molecular weight is 198 g/mol. The highest BCUT2D eigenvalue weighted by atomic mass is 32.2. The van der Waals surface area contributed by atoms with Gasteiger partial charge < -0.3 is 5.73 Å². The zero-order valence-corrected chi connectivity index (χ0v) is 8.67. The Bertz CT molecular complexity index is 381. The smallest absolute Gasteiger partial charge is 0.0730 e. The third-order valence-electron chi connectivity index (χ3n) is 1.50. The molecule has 0 atom stereocenters. The molecule has 0 saturated carbocycles. The van der Waals surface area contributed by atoms with E-state index in [1.807, 2.05) is 24.3 Å². The highest BCUT2D eigenvalue weighted by molar-refractivity contribution is 7.92. The van der Waals surface area contributed by atoms with Gasteiger partial charge in [-0.15, -0.1) is 0 Å². The van der Waals surface area contributed by atoms with Crippen molar-refractivity contribution in [3.8, 4) is 0 Å². The summed E-state index contributed by atoms with van der Waals surface area (Å²) in [4.78, 5) is 0. The third-order valence-corrected chi connectivity index (χ3v) is 2.15. The molecule has 0 aromatic heterocycles. The van der Waals surface area contributed by atoms with Crippen LogP contribution >= 0.6 is 0 Å². The fourth-order valence-corrected chi connectivity index (χ4v) is 1.58. The van der Waals surface area contributed by atoms with Crippen LogP contribution in [0, 0.1) is 0 Å². The molecule has 72 valence electrons. The molecule has 0 spiro atoms. The lowest BCUT2D eigenvalue weighted by Gasteiger charge is -1.98. The molecular formula is C9H14N2OS. The van der Waals surface area contributed by atoms with Crippen LogP contribution in [0.4, 0.5) is 5.69 Å². The van der Waals surface area contributed by atoms with Gasteiger partial charge in [0, 0.05) is 28.8 Å². The summed E-state index contributed by atoms with van der Waals surface area (Å²) in [5, 5.41) is 0. The first-order valence-electron chi connectivity index (χ1n) is 3.97. The van der Waals surface area contributed by atoms with E-state index < -0.39 is 9.73 Å². The van der Waals surface area contributed by atoms with E-state index in [4.69, 9.17) is 5.73 Å². The van der Waals surface area contributed by atoms with Gasteiger partial charge in [0.05, 0.1) is 5.69 Å². The minimum atomic E-state index is -2.05. The molecule has 0 fully saturated rings. The predicted octanol–water partition coefficient (Wildman–Crippen LogP) is 1.50. The Kier molecular flexibility index (Phi) is 3.06. The maximum absolute atomic E-state index is 11.3. The summed E-state index contributed by atoms with van der Waals surface area (Å²) in [6.07, 6.45) is 3.23. The highest BCUT2D eigenvalue weighted by Gasteiger charge is 1.93. The molecule has 13 heavy (non-hydrogen) atoms. The summed E-state index contributed by atoms with van der Waals surface area (Å²) in [5.41, 5.74) is 7.24. The lowest BCUT2D eigenvalue weighted by Crippen LogP contribution is -1.95. The fraction of sp³-hybridized carbons (Fsp3) is 0.333. The quantitative estimate of drug-likeness (QED) is 0.783.